The Bertz CT molecular complexity index is 521. The summed E-state index contributed by atoms with van der Waals surface area (Å²) in [6, 6.07) is 3.58. The number of nitrogens with two attached hydrogens (primary N) is 1. The first kappa shape index (κ1) is 11.0. The maximum atomic E-state index is 11.7. The monoisotopic (exact) mass is 229 g/mol. The van der Waals surface area contributed by atoms with E-state index in [1.54, 1.807) is 12.3 Å². The van der Waals surface area contributed by atoms with Crippen molar-refractivity contribution in [2.24, 2.45) is 0 Å². The standard InChI is InChI=1S/C11H11N5O/c1-7-2-3-8(4-13-7)16-11(17)9-5-15-10(12)6-14-9/h2-6H,1H3,(H2,12,15)(H,16,17). The summed E-state index contributed by atoms with van der Waals surface area (Å²) in [6.07, 6.45) is 4.24. The minimum Gasteiger partial charge on any atom is -0.382 e. The molecule has 0 unspecified atom stereocenters. The Labute approximate surface area is 97.9 Å². The highest BCUT2D eigenvalue weighted by atomic mass is 16.1. The number of anilines is 2. The summed E-state index contributed by atoms with van der Waals surface area (Å²) < 4.78 is 0. The smallest absolute Gasteiger partial charge is 0.275 e. The van der Waals surface area contributed by atoms with Crippen molar-refractivity contribution in [3.63, 3.8) is 0 Å². The van der Waals surface area contributed by atoms with Gasteiger partial charge in [-0.05, 0) is 19.1 Å². The van der Waals surface area contributed by atoms with E-state index < -0.39 is 0 Å². The highest BCUT2D eigenvalue weighted by molar-refractivity contribution is 6.02. The second-order valence-electron chi connectivity index (χ2n) is 3.47. The van der Waals surface area contributed by atoms with Gasteiger partial charge in [-0.2, -0.15) is 0 Å². The minimum atomic E-state index is -0.344. The zero-order valence-electron chi connectivity index (χ0n) is 9.21. The second-order valence-corrected chi connectivity index (χ2v) is 3.47. The fraction of sp³-hybridized carbons (Fsp3) is 0.0909. The van der Waals surface area contributed by atoms with E-state index >= 15 is 0 Å². The molecule has 0 aliphatic heterocycles. The summed E-state index contributed by atoms with van der Waals surface area (Å²) in [5.74, 6) is -0.0679. The molecule has 0 atom stereocenters. The Kier molecular flexibility index (Phi) is 2.95. The molecule has 0 saturated heterocycles. The van der Waals surface area contributed by atoms with Crippen LogP contribution in [-0.2, 0) is 0 Å². The van der Waals surface area contributed by atoms with E-state index in [1.807, 2.05) is 13.0 Å². The van der Waals surface area contributed by atoms with Crippen LogP contribution in [0.5, 0.6) is 0 Å². The van der Waals surface area contributed by atoms with Crippen LogP contribution in [0, 0.1) is 6.92 Å². The van der Waals surface area contributed by atoms with Gasteiger partial charge in [0.05, 0.1) is 24.3 Å². The van der Waals surface area contributed by atoms with Crippen LogP contribution in [0.2, 0.25) is 0 Å². The van der Waals surface area contributed by atoms with Crippen molar-refractivity contribution in [1.82, 2.24) is 15.0 Å². The number of carbonyl (C=O) groups is 1. The average molecular weight is 229 g/mol. The van der Waals surface area contributed by atoms with Crippen molar-refractivity contribution in [2.75, 3.05) is 11.1 Å². The van der Waals surface area contributed by atoms with E-state index in [-0.39, 0.29) is 17.4 Å². The van der Waals surface area contributed by atoms with Gasteiger partial charge in [0.25, 0.3) is 5.91 Å². The van der Waals surface area contributed by atoms with Crippen molar-refractivity contribution < 1.29 is 4.79 Å². The molecule has 0 aliphatic rings. The van der Waals surface area contributed by atoms with Crippen LogP contribution in [0.15, 0.2) is 30.7 Å². The van der Waals surface area contributed by atoms with Gasteiger partial charge in [-0.3, -0.25) is 9.78 Å². The molecule has 0 fully saturated rings. The first-order valence-electron chi connectivity index (χ1n) is 4.96. The maximum absolute atomic E-state index is 11.7. The van der Waals surface area contributed by atoms with Crippen LogP contribution in [0.4, 0.5) is 11.5 Å². The first-order valence-corrected chi connectivity index (χ1v) is 4.96. The minimum absolute atomic E-state index is 0.208. The Morgan fingerprint density at radius 2 is 2.00 bits per heavy atom. The molecule has 2 rings (SSSR count). The SMILES string of the molecule is Cc1ccc(NC(=O)c2cnc(N)cn2)cn1. The molecule has 2 aromatic heterocycles. The molecule has 6 heteroatoms. The molecule has 3 N–H and O–H groups in total. The van der Waals surface area contributed by atoms with Crippen molar-refractivity contribution in [3.05, 3.63) is 42.1 Å². The molecule has 17 heavy (non-hydrogen) atoms. The number of rotatable bonds is 2. The van der Waals surface area contributed by atoms with Crippen molar-refractivity contribution in [3.8, 4) is 0 Å². The number of amides is 1. The molecule has 0 radical (unpaired) electrons. The van der Waals surface area contributed by atoms with Crippen LogP contribution in [0.1, 0.15) is 16.2 Å². The van der Waals surface area contributed by atoms with Gasteiger partial charge in [0, 0.05) is 5.69 Å². The van der Waals surface area contributed by atoms with Crippen LogP contribution in [0.3, 0.4) is 0 Å². The summed E-state index contributed by atoms with van der Waals surface area (Å²) in [5, 5.41) is 2.66. The quantitative estimate of drug-likeness (QED) is 0.801. The molecule has 0 aliphatic carbocycles. The summed E-state index contributed by atoms with van der Waals surface area (Å²) in [5.41, 5.74) is 7.08. The number of nitrogens with zero attached hydrogens (tertiary/aromatic N) is 3. The number of hydrogen-bond donors (Lipinski definition) is 2. The molecule has 0 saturated carbocycles. The molecule has 86 valence electrons. The van der Waals surface area contributed by atoms with E-state index in [1.165, 1.54) is 12.4 Å². The molecule has 0 aromatic carbocycles. The molecular weight excluding hydrogens is 218 g/mol. The van der Waals surface area contributed by atoms with Crippen molar-refractivity contribution >= 4 is 17.4 Å². The molecular formula is C11H11N5O. The third-order valence-electron chi connectivity index (χ3n) is 2.07. The van der Waals surface area contributed by atoms with E-state index in [0.29, 0.717) is 5.69 Å². The molecule has 6 nitrogen and oxygen atoms in total. The summed E-state index contributed by atoms with van der Waals surface area (Å²) >= 11 is 0. The molecule has 0 spiro atoms. The van der Waals surface area contributed by atoms with Crippen LogP contribution in [-0.4, -0.2) is 20.9 Å². The van der Waals surface area contributed by atoms with E-state index in [2.05, 4.69) is 20.3 Å². The Morgan fingerprint density at radius 1 is 1.18 bits per heavy atom. The van der Waals surface area contributed by atoms with Gasteiger partial charge in [0.2, 0.25) is 0 Å². The first-order chi connectivity index (χ1) is 8.15. The highest BCUT2D eigenvalue weighted by Gasteiger charge is 2.07. The van der Waals surface area contributed by atoms with Crippen LogP contribution >= 0.6 is 0 Å². The third-order valence-corrected chi connectivity index (χ3v) is 2.07. The van der Waals surface area contributed by atoms with Crippen molar-refractivity contribution in [1.29, 1.82) is 0 Å². The number of hydrogen-bond acceptors (Lipinski definition) is 5. The highest BCUT2D eigenvalue weighted by Crippen LogP contribution is 2.07. The van der Waals surface area contributed by atoms with Gasteiger partial charge in [-0.1, -0.05) is 0 Å². The number of carbonyl (C=O) groups excluding carboxylic acids is 1. The molecule has 2 aromatic rings. The van der Waals surface area contributed by atoms with Gasteiger partial charge >= 0.3 is 0 Å². The number of nitrogens with one attached hydrogen (secondary N) is 1. The maximum Gasteiger partial charge on any atom is 0.275 e. The second kappa shape index (κ2) is 4.56. The zero-order valence-corrected chi connectivity index (χ0v) is 9.21. The lowest BCUT2D eigenvalue weighted by atomic mass is 10.3. The van der Waals surface area contributed by atoms with Crippen LogP contribution in [0.25, 0.3) is 0 Å². The van der Waals surface area contributed by atoms with E-state index in [9.17, 15) is 4.79 Å². The van der Waals surface area contributed by atoms with Crippen molar-refractivity contribution in [2.45, 2.75) is 6.92 Å². The fourth-order valence-corrected chi connectivity index (χ4v) is 1.19. The zero-order chi connectivity index (χ0) is 12.3. The Morgan fingerprint density at radius 3 is 2.59 bits per heavy atom. The topological polar surface area (TPSA) is 93.8 Å². The lowest BCUT2D eigenvalue weighted by Gasteiger charge is -2.04. The number of pyridine rings is 1. The number of nitrogen functional groups attached to an aromatic ring is 1. The normalized spacial score (nSPS) is 9.94. The fourth-order valence-electron chi connectivity index (χ4n) is 1.19. The van der Waals surface area contributed by atoms with Crippen LogP contribution < -0.4 is 11.1 Å². The van der Waals surface area contributed by atoms with E-state index in [0.717, 1.165) is 5.69 Å². The molecule has 1 amide bonds. The molecule has 0 bridgehead atoms. The van der Waals surface area contributed by atoms with Gasteiger partial charge in [0.1, 0.15) is 11.5 Å². The van der Waals surface area contributed by atoms with Gasteiger partial charge in [-0.15, -0.1) is 0 Å². The summed E-state index contributed by atoms with van der Waals surface area (Å²) in [7, 11) is 0. The van der Waals surface area contributed by atoms with E-state index in [4.69, 9.17) is 5.73 Å². The Balaban J connectivity index is 2.11. The molecule has 2 heterocycles. The number of aryl methyl sites for hydroxylation is 1. The lowest BCUT2D eigenvalue weighted by Crippen LogP contribution is -2.14. The lowest BCUT2D eigenvalue weighted by molar-refractivity contribution is 0.102. The summed E-state index contributed by atoms with van der Waals surface area (Å²) in [4.78, 5) is 23.5. The average Bonchev–Trinajstić information content (AvgIpc) is 2.33. The summed E-state index contributed by atoms with van der Waals surface area (Å²) in [6.45, 7) is 1.87. The number of aromatic nitrogens is 3. The largest absolute Gasteiger partial charge is 0.382 e. The predicted molar refractivity (Wildman–Crippen MR) is 63.4 cm³/mol. The van der Waals surface area contributed by atoms with Gasteiger partial charge in [0.15, 0.2) is 0 Å². The van der Waals surface area contributed by atoms with Gasteiger partial charge < -0.3 is 11.1 Å². The van der Waals surface area contributed by atoms with Gasteiger partial charge in [-0.25, -0.2) is 9.97 Å². The predicted octanol–water partition coefficient (Wildman–Crippen LogP) is 1.01. The Hall–Kier alpha value is -2.50. The third kappa shape index (κ3) is 2.75.